The van der Waals surface area contributed by atoms with Crippen LogP contribution in [0.4, 0.5) is 10.1 Å². The van der Waals surface area contributed by atoms with Gasteiger partial charge in [0.2, 0.25) is 11.8 Å². The lowest BCUT2D eigenvalue weighted by molar-refractivity contribution is -0.137. The molecule has 3 rings (SSSR count). The second kappa shape index (κ2) is 9.98. The zero-order valence-corrected chi connectivity index (χ0v) is 16.7. The number of nitrogens with zero attached hydrogens (tertiary/aromatic N) is 3. The Hall–Kier alpha value is -1.99. The average Bonchev–Trinajstić information content (AvgIpc) is 2.99. The summed E-state index contributed by atoms with van der Waals surface area (Å²) in [6.07, 6.45) is 4.65. The SMILES string of the molecule is C[C@@H](C(=O)N1CCCCCC1)N1CCN(CC(=O)Nc2ccc(F)cc2)CC1. The molecule has 28 heavy (non-hydrogen) atoms. The predicted octanol–water partition coefficient (Wildman–Crippen LogP) is 2.17. The van der Waals surface area contributed by atoms with E-state index in [4.69, 9.17) is 0 Å². The number of hydrogen-bond donors (Lipinski definition) is 1. The number of carbonyl (C=O) groups is 2. The third kappa shape index (κ3) is 5.75. The molecule has 2 amide bonds. The van der Waals surface area contributed by atoms with Crippen LogP contribution in [-0.4, -0.2) is 78.4 Å². The van der Waals surface area contributed by atoms with Crippen molar-refractivity contribution >= 4 is 17.5 Å². The minimum atomic E-state index is -0.321. The van der Waals surface area contributed by atoms with E-state index in [0.29, 0.717) is 12.2 Å². The highest BCUT2D eigenvalue weighted by Gasteiger charge is 2.29. The van der Waals surface area contributed by atoms with Gasteiger partial charge >= 0.3 is 0 Å². The Bertz CT molecular complexity index is 651. The summed E-state index contributed by atoms with van der Waals surface area (Å²) in [5.41, 5.74) is 0.599. The molecule has 0 saturated carbocycles. The number of halogens is 1. The number of nitrogens with one attached hydrogen (secondary N) is 1. The number of hydrogen-bond acceptors (Lipinski definition) is 4. The number of rotatable bonds is 5. The van der Waals surface area contributed by atoms with Crippen molar-refractivity contribution in [1.82, 2.24) is 14.7 Å². The van der Waals surface area contributed by atoms with Gasteiger partial charge in [0, 0.05) is 45.0 Å². The second-order valence-corrected chi connectivity index (χ2v) is 7.78. The van der Waals surface area contributed by atoms with Crippen LogP contribution in [0.15, 0.2) is 24.3 Å². The lowest BCUT2D eigenvalue weighted by Gasteiger charge is -2.38. The maximum atomic E-state index is 12.9. The van der Waals surface area contributed by atoms with Gasteiger partial charge in [-0.25, -0.2) is 4.39 Å². The monoisotopic (exact) mass is 390 g/mol. The van der Waals surface area contributed by atoms with Crippen molar-refractivity contribution in [2.45, 2.75) is 38.6 Å². The Morgan fingerprint density at radius 3 is 2.18 bits per heavy atom. The number of benzene rings is 1. The molecule has 2 aliphatic heterocycles. The summed E-state index contributed by atoms with van der Waals surface area (Å²) in [5.74, 6) is -0.184. The van der Waals surface area contributed by atoms with Crippen LogP contribution in [0.3, 0.4) is 0 Å². The number of likely N-dealkylation sites (tertiary alicyclic amines) is 1. The summed E-state index contributed by atoms with van der Waals surface area (Å²) in [6, 6.07) is 5.67. The first kappa shape index (κ1) is 20.7. The molecule has 2 saturated heterocycles. The molecule has 1 aromatic rings. The van der Waals surface area contributed by atoms with Crippen molar-refractivity contribution in [1.29, 1.82) is 0 Å². The molecule has 154 valence electrons. The van der Waals surface area contributed by atoms with Crippen LogP contribution in [0.5, 0.6) is 0 Å². The summed E-state index contributed by atoms with van der Waals surface area (Å²) in [7, 11) is 0. The molecular formula is C21H31FN4O2. The minimum absolute atomic E-state index is 0.103. The predicted molar refractivity (Wildman–Crippen MR) is 108 cm³/mol. The fourth-order valence-corrected chi connectivity index (χ4v) is 3.96. The summed E-state index contributed by atoms with van der Waals surface area (Å²) >= 11 is 0. The highest BCUT2D eigenvalue weighted by atomic mass is 19.1. The lowest BCUT2D eigenvalue weighted by Crippen LogP contribution is -2.55. The first-order valence-corrected chi connectivity index (χ1v) is 10.3. The third-order valence-electron chi connectivity index (χ3n) is 5.72. The fourth-order valence-electron chi connectivity index (χ4n) is 3.96. The minimum Gasteiger partial charge on any atom is -0.341 e. The van der Waals surface area contributed by atoms with Crippen molar-refractivity contribution in [3.05, 3.63) is 30.1 Å². The first-order valence-electron chi connectivity index (χ1n) is 10.3. The summed E-state index contributed by atoms with van der Waals surface area (Å²) in [4.78, 5) is 31.4. The van der Waals surface area contributed by atoms with Crippen molar-refractivity contribution in [2.75, 3.05) is 51.1 Å². The number of anilines is 1. The van der Waals surface area contributed by atoms with Crippen molar-refractivity contribution in [3.63, 3.8) is 0 Å². The second-order valence-electron chi connectivity index (χ2n) is 7.78. The number of amides is 2. The van der Waals surface area contributed by atoms with Gasteiger partial charge in [0.05, 0.1) is 12.6 Å². The van der Waals surface area contributed by atoms with E-state index in [1.54, 1.807) is 12.1 Å². The van der Waals surface area contributed by atoms with E-state index in [0.717, 1.165) is 52.1 Å². The molecule has 2 fully saturated rings. The van der Waals surface area contributed by atoms with Gasteiger partial charge in [0.15, 0.2) is 0 Å². The highest BCUT2D eigenvalue weighted by Crippen LogP contribution is 2.14. The zero-order valence-electron chi connectivity index (χ0n) is 16.7. The topological polar surface area (TPSA) is 55.9 Å². The van der Waals surface area contributed by atoms with Crippen molar-refractivity contribution in [3.8, 4) is 0 Å². The van der Waals surface area contributed by atoms with E-state index in [1.165, 1.54) is 25.0 Å². The fraction of sp³-hybridized carbons (Fsp3) is 0.619. The Morgan fingerprint density at radius 2 is 1.57 bits per heavy atom. The van der Waals surface area contributed by atoms with Gasteiger partial charge < -0.3 is 10.2 Å². The molecule has 1 N–H and O–H groups in total. The van der Waals surface area contributed by atoms with Crippen LogP contribution < -0.4 is 5.32 Å². The molecule has 0 aliphatic carbocycles. The Morgan fingerprint density at radius 1 is 0.964 bits per heavy atom. The van der Waals surface area contributed by atoms with E-state index in [2.05, 4.69) is 15.1 Å². The van der Waals surface area contributed by atoms with E-state index in [9.17, 15) is 14.0 Å². The average molecular weight is 391 g/mol. The number of piperazine rings is 1. The standard InChI is InChI=1S/C21H31FN4O2/c1-17(21(28)26-10-4-2-3-5-11-26)25-14-12-24(13-15-25)16-20(27)23-19-8-6-18(22)7-9-19/h6-9,17H,2-5,10-16H2,1H3,(H,23,27)/t17-/m0/s1. The summed E-state index contributed by atoms with van der Waals surface area (Å²) < 4.78 is 12.9. The van der Waals surface area contributed by atoms with Crippen molar-refractivity contribution in [2.24, 2.45) is 0 Å². The molecule has 0 radical (unpaired) electrons. The smallest absolute Gasteiger partial charge is 0.239 e. The lowest BCUT2D eigenvalue weighted by atomic mass is 10.2. The van der Waals surface area contributed by atoms with Gasteiger partial charge in [-0.05, 0) is 44.0 Å². The van der Waals surface area contributed by atoms with E-state index < -0.39 is 0 Å². The largest absolute Gasteiger partial charge is 0.341 e. The molecule has 0 bridgehead atoms. The van der Waals surface area contributed by atoms with Gasteiger partial charge in [-0.3, -0.25) is 19.4 Å². The molecule has 7 heteroatoms. The quantitative estimate of drug-likeness (QED) is 0.837. The maximum Gasteiger partial charge on any atom is 0.239 e. The van der Waals surface area contributed by atoms with Crippen molar-refractivity contribution < 1.29 is 14.0 Å². The van der Waals surface area contributed by atoms with Crippen LogP contribution in [0.25, 0.3) is 0 Å². The normalized spacial score (nSPS) is 20.4. The van der Waals surface area contributed by atoms with Crippen LogP contribution >= 0.6 is 0 Å². The third-order valence-corrected chi connectivity index (χ3v) is 5.72. The molecule has 1 aromatic carbocycles. The van der Waals surface area contributed by atoms with Gasteiger partial charge in [0.25, 0.3) is 0 Å². The Labute approximate surface area is 166 Å². The maximum absolute atomic E-state index is 12.9. The first-order chi connectivity index (χ1) is 13.5. The van der Waals surface area contributed by atoms with Crippen LogP contribution in [0.1, 0.15) is 32.6 Å². The molecular weight excluding hydrogens is 359 g/mol. The Kier molecular flexibility index (Phi) is 7.39. The zero-order chi connectivity index (χ0) is 19.9. The van der Waals surface area contributed by atoms with Gasteiger partial charge in [-0.2, -0.15) is 0 Å². The molecule has 6 nitrogen and oxygen atoms in total. The van der Waals surface area contributed by atoms with Crippen LogP contribution in [0, 0.1) is 5.82 Å². The summed E-state index contributed by atoms with van der Waals surface area (Å²) in [5, 5.41) is 2.80. The molecule has 0 aromatic heterocycles. The van der Waals surface area contributed by atoms with E-state index in [1.807, 2.05) is 11.8 Å². The van der Waals surface area contributed by atoms with Gasteiger partial charge in [-0.15, -0.1) is 0 Å². The summed E-state index contributed by atoms with van der Waals surface area (Å²) in [6.45, 7) is 7.15. The van der Waals surface area contributed by atoms with Crippen LogP contribution in [-0.2, 0) is 9.59 Å². The van der Waals surface area contributed by atoms with Gasteiger partial charge in [0.1, 0.15) is 5.82 Å². The molecule has 0 spiro atoms. The van der Waals surface area contributed by atoms with E-state index >= 15 is 0 Å². The number of carbonyl (C=O) groups excluding carboxylic acids is 2. The van der Waals surface area contributed by atoms with Gasteiger partial charge in [-0.1, -0.05) is 12.8 Å². The molecule has 2 heterocycles. The Balaban J connectivity index is 1.42. The highest BCUT2D eigenvalue weighted by molar-refractivity contribution is 5.92. The molecule has 0 unspecified atom stereocenters. The van der Waals surface area contributed by atoms with Crippen LogP contribution in [0.2, 0.25) is 0 Å². The molecule has 1 atom stereocenters. The molecule has 2 aliphatic rings. The van der Waals surface area contributed by atoms with E-state index in [-0.39, 0.29) is 23.7 Å².